The first-order valence-electron chi connectivity index (χ1n) is 9.48. The van der Waals surface area contributed by atoms with E-state index in [4.69, 9.17) is 0 Å². The number of nitrogens with zero attached hydrogens (tertiary/aromatic N) is 1. The summed E-state index contributed by atoms with van der Waals surface area (Å²) in [7, 11) is 3.46. The predicted molar refractivity (Wildman–Crippen MR) is 120 cm³/mol. The molecule has 0 spiro atoms. The monoisotopic (exact) mass is 472 g/mol. The Morgan fingerprint density at radius 1 is 1.15 bits per heavy atom. The lowest BCUT2D eigenvalue weighted by molar-refractivity contribution is 0.0963. The van der Waals surface area contributed by atoms with Crippen LogP contribution in [0.3, 0.4) is 0 Å². The van der Waals surface area contributed by atoms with Crippen molar-refractivity contribution < 1.29 is 4.79 Å². The number of guanidine groups is 1. The highest BCUT2D eigenvalue weighted by atomic mass is 127. The average molecular weight is 472 g/mol. The number of rotatable bonds is 7. The third kappa shape index (κ3) is 7.93. The molecular weight excluding hydrogens is 439 g/mol. The van der Waals surface area contributed by atoms with E-state index in [1.54, 1.807) is 7.05 Å². The van der Waals surface area contributed by atoms with Gasteiger partial charge in [0, 0.05) is 32.7 Å². The van der Waals surface area contributed by atoms with Gasteiger partial charge < -0.3 is 16.0 Å². The highest BCUT2D eigenvalue weighted by Gasteiger charge is 2.12. The molecule has 1 aliphatic carbocycles. The Morgan fingerprint density at radius 2 is 1.88 bits per heavy atom. The Bertz CT molecular complexity index is 571. The average Bonchev–Trinajstić information content (AvgIpc) is 2.67. The van der Waals surface area contributed by atoms with Crippen LogP contribution in [0.25, 0.3) is 0 Å². The lowest BCUT2D eigenvalue weighted by atomic mass is 9.87. The molecule has 5 nitrogen and oxygen atoms in total. The van der Waals surface area contributed by atoms with Crippen molar-refractivity contribution in [1.29, 1.82) is 0 Å². The molecule has 26 heavy (non-hydrogen) atoms. The van der Waals surface area contributed by atoms with E-state index in [1.165, 1.54) is 38.5 Å². The maximum Gasteiger partial charge on any atom is 0.251 e. The topological polar surface area (TPSA) is 65.5 Å². The van der Waals surface area contributed by atoms with E-state index in [9.17, 15) is 4.79 Å². The first kappa shape index (κ1) is 22.7. The summed E-state index contributed by atoms with van der Waals surface area (Å²) in [5, 5.41) is 9.43. The predicted octanol–water partition coefficient (Wildman–Crippen LogP) is 3.34. The molecule has 146 valence electrons. The van der Waals surface area contributed by atoms with Crippen molar-refractivity contribution in [1.82, 2.24) is 16.0 Å². The summed E-state index contributed by atoms with van der Waals surface area (Å²) in [5.74, 6) is 1.69. The molecule has 0 aromatic heterocycles. The molecule has 0 atom stereocenters. The fraction of sp³-hybridized carbons (Fsp3) is 0.600. The Kier molecular flexibility index (Phi) is 11.3. The maximum atomic E-state index is 11.7. The van der Waals surface area contributed by atoms with Gasteiger partial charge in [-0.2, -0.15) is 0 Å². The Morgan fingerprint density at radius 3 is 2.58 bits per heavy atom. The SMILES string of the molecule is CN=C(NCCc1cccc(C(=O)NC)c1)NCCC1CCCCC1.I. The van der Waals surface area contributed by atoms with E-state index < -0.39 is 0 Å². The molecule has 0 heterocycles. The van der Waals surface area contributed by atoms with Gasteiger partial charge in [0.25, 0.3) is 5.91 Å². The number of amides is 1. The molecule has 2 rings (SSSR count). The van der Waals surface area contributed by atoms with E-state index in [0.29, 0.717) is 5.56 Å². The van der Waals surface area contributed by atoms with Crippen LogP contribution in [0.4, 0.5) is 0 Å². The van der Waals surface area contributed by atoms with E-state index in [0.717, 1.165) is 37.0 Å². The van der Waals surface area contributed by atoms with Crippen molar-refractivity contribution in [3.8, 4) is 0 Å². The van der Waals surface area contributed by atoms with Crippen LogP contribution in [0.2, 0.25) is 0 Å². The summed E-state index contributed by atoms with van der Waals surface area (Å²) >= 11 is 0. The summed E-state index contributed by atoms with van der Waals surface area (Å²) in [5.41, 5.74) is 1.85. The second kappa shape index (κ2) is 12.9. The van der Waals surface area contributed by atoms with Gasteiger partial charge in [-0.1, -0.05) is 44.2 Å². The number of hydrogen-bond acceptors (Lipinski definition) is 2. The molecule has 1 aromatic rings. The fourth-order valence-corrected chi connectivity index (χ4v) is 3.43. The second-order valence-electron chi connectivity index (χ2n) is 6.75. The lowest BCUT2D eigenvalue weighted by Gasteiger charge is -2.22. The molecule has 1 saturated carbocycles. The molecule has 6 heteroatoms. The molecule has 1 fully saturated rings. The minimum Gasteiger partial charge on any atom is -0.356 e. The number of carbonyl (C=O) groups excluding carboxylic acids is 1. The standard InChI is InChI=1S/C20H32N4O.HI/c1-21-19(25)18-10-6-9-17(15-18)12-14-24-20(22-2)23-13-11-16-7-4-3-5-8-16;/h6,9-10,15-16H,3-5,7-8,11-14H2,1-2H3,(H,21,25)(H2,22,23,24);1H. The van der Waals surface area contributed by atoms with Gasteiger partial charge in [-0.05, 0) is 36.5 Å². The first-order chi connectivity index (χ1) is 12.2. The number of carbonyl (C=O) groups is 1. The van der Waals surface area contributed by atoms with Gasteiger partial charge in [0.1, 0.15) is 0 Å². The second-order valence-corrected chi connectivity index (χ2v) is 6.75. The van der Waals surface area contributed by atoms with Crippen molar-refractivity contribution in [2.24, 2.45) is 10.9 Å². The van der Waals surface area contributed by atoms with Crippen molar-refractivity contribution >= 4 is 35.8 Å². The molecule has 3 N–H and O–H groups in total. The molecule has 0 aliphatic heterocycles. The van der Waals surface area contributed by atoms with Crippen molar-refractivity contribution in [3.63, 3.8) is 0 Å². The highest BCUT2D eigenvalue weighted by molar-refractivity contribution is 14.0. The molecule has 1 aliphatic rings. The normalized spacial score (nSPS) is 15.1. The summed E-state index contributed by atoms with van der Waals surface area (Å²) in [6.45, 7) is 1.77. The third-order valence-corrected chi connectivity index (χ3v) is 4.92. The van der Waals surface area contributed by atoms with Gasteiger partial charge in [-0.3, -0.25) is 9.79 Å². The highest BCUT2D eigenvalue weighted by Crippen LogP contribution is 2.25. The smallest absolute Gasteiger partial charge is 0.251 e. The molecule has 0 bridgehead atoms. The number of hydrogen-bond donors (Lipinski definition) is 3. The summed E-state index contributed by atoms with van der Waals surface area (Å²) in [6, 6.07) is 7.76. The van der Waals surface area contributed by atoms with Crippen LogP contribution in [0.1, 0.15) is 54.4 Å². The van der Waals surface area contributed by atoms with Crippen LogP contribution in [-0.2, 0) is 6.42 Å². The van der Waals surface area contributed by atoms with E-state index in [-0.39, 0.29) is 29.9 Å². The van der Waals surface area contributed by atoms with Crippen molar-refractivity contribution in [2.45, 2.75) is 44.9 Å². The van der Waals surface area contributed by atoms with Gasteiger partial charge in [0.15, 0.2) is 5.96 Å². The largest absolute Gasteiger partial charge is 0.356 e. The molecule has 1 amide bonds. The fourth-order valence-electron chi connectivity index (χ4n) is 3.43. The first-order valence-corrected chi connectivity index (χ1v) is 9.48. The van der Waals surface area contributed by atoms with Crippen LogP contribution in [0, 0.1) is 5.92 Å². The van der Waals surface area contributed by atoms with Crippen LogP contribution in [0.15, 0.2) is 29.3 Å². The zero-order chi connectivity index (χ0) is 17.9. The van der Waals surface area contributed by atoms with E-state index in [1.807, 2.05) is 31.3 Å². The van der Waals surface area contributed by atoms with Crippen molar-refractivity contribution in [2.75, 3.05) is 27.2 Å². The van der Waals surface area contributed by atoms with Crippen LogP contribution in [-0.4, -0.2) is 39.1 Å². The van der Waals surface area contributed by atoms with Gasteiger partial charge in [0.2, 0.25) is 0 Å². The quantitative estimate of drug-likeness (QED) is 0.324. The van der Waals surface area contributed by atoms with Crippen LogP contribution >= 0.6 is 24.0 Å². The van der Waals surface area contributed by atoms with Crippen LogP contribution in [0.5, 0.6) is 0 Å². The number of aliphatic imine (C=N–C) groups is 1. The van der Waals surface area contributed by atoms with Gasteiger partial charge in [0.05, 0.1) is 0 Å². The zero-order valence-electron chi connectivity index (χ0n) is 16.0. The van der Waals surface area contributed by atoms with Gasteiger partial charge in [-0.25, -0.2) is 0 Å². The zero-order valence-corrected chi connectivity index (χ0v) is 18.3. The summed E-state index contributed by atoms with van der Waals surface area (Å²) < 4.78 is 0. The molecule has 0 unspecified atom stereocenters. The molecule has 1 aromatic carbocycles. The summed E-state index contributed by atoms with van der Waals surface area (Å²) in [4.78, 5) is 16.0. The molecular formula is C20H33IN4O. The molecule has 0 radical (unpaired) electrons. The summed E-state index contributed by atoms with van der Waals surface area (Å²) in [6.07, 6.45) is 9.06. The maximum absolute atomic E-state index is 11.7. The lowest BCUT2D eigenvalue weighted by Crippen LogP contribution is -2.39. The number of halogens is 1. The van der Waals surface area contributed by atoms with E-state index >= 15 is 0 Å². The van der Waals surface area contributed by atoms with Crippen LogP contribution < -0.4 is 16.0 Å². The minimum absolute atomic E-state index is 0. The van der Waals surface area contributed by atoms with Gasteiger partial charge in [-0.15, -0.1) is 24.0 Å². The Balaban J connectivity index is 0.00000338. The third-order valence-electron chi connectivity index (χ3n) is 4.92. The molecule has 0 saturated heterocycles. The van der Waals surface area contributed by atoms with Gasteiger partial charge >= 0.3 is 0 Å². The Labute approximate surface area is 174 Å². The minimum atomic E-state index is -0.0463. The number of benzene rings is 1. The number of nitrogens with one attached hydrogen (secondary N) is 3. The van der Waals surface area contributed by atoms with Crippen molar-refractivity contribution in [3.05, 3.63) is 35.4 Å². The Hall–Kier alpha value is -1.31. The van der Waals surface area contributed by atoms with E-state index in [2.05, 4.69) is 20.9 Å².